The van der Waals surface area contributed by atoms with Gasteiger partial charge in [-0.05, 0) is 19.9 Å². The molecule has 21 heavy (non-hydrogen) atoms. The van der Waals surface area contributed by atoms with Crippen LogP contribution in [0.15, 0.2) is 0 Å². The first-order valence-electron chi connectivity index (χ1n) is 7.60. The summed E-state index contributed by atoms with van der Waals surface area (Å²) in [5.74, 6) is -2.76. The van der Waals surface area contributed by atoms with Crippen molar-refractivity contribution >= 4 is 5.91 Å². The molecule has 2 rings (SSSR count). The monoisotopic (exact) mass is 307 g/mol. The van der Waals surface area contributed by atoms with Gasteiger partial charge in [-0.3, -0.25) is 4.79 Å². The van der Waals surface area contributed by atoms with Crippen molar-refractivity contribution in [1.29, 1.82) is 0 Å². The Balaban J connectivity index is 2.12. The van der Waals surface area contributed by atoms with Gasteiger partial charge in [-0.2, -0.15) is 13.2 Å². The molecule has 3 atom stereocenters. The lowest BCUT2D eigenvalue weighted by atomic mass is 9.77. The zero-order valence-electron chi connectivity index (χ0n) is 12.4. The Bertz CT molecular complexity index is 375. The van der Waals surface area contributed by atoms with Crippen molar-refractivity contribution in [1.82, 2.24) is 9.80 Å². The number of carbonyl (C=O) groups is 1. The molecule has 0 radical (unpaired) electrons. The van der Waals surface area contributed by atoms with Crippen LogP contribution in [0.3, 0.4) is 0 Å². The van der Waals surface area contributed by atoms with Gasteiger partial charge in [0, 0.05) is 32.1 Å². The maximum absolute atomic E-state index is 13.2. The first-order chi connectivity index (χ1) is 9.84. The Hall–Kier alpha value is -0.820. The van der Waals surface area contributed by atoms with E-state index in [0.717, 1.165) is 0 Å². The van der Waals surface area contributed by atoms with Crippen LogP contribution in [0, 0.1) is 11.8 Å². The predicted octanol–water partition coefficient (Wildman–Crippen LogP) is 1.46. The molecular formula is C14H24F3N3O. The fourth-order valence-corrected chi connectivity index (χ4v) is 3.53. The number of nitrogens with zero attached hydrogens (tertiary/aromatic N) is 2. The molecule has 7 heteroatoms. The number of alkyl halides is 3. The SMILES string of the molecule is CN1CCN(C(=O)C2CCCCC2C(F)(F)F)C(CN)C1. The van der Waals surface area contributed by atoms with Crippen LogP contribution in [0.1, 0.15) is 25.7 Å². The summed E-state index contributed by atoms with van der Waals surface area (Å²) in [6.45, 7) is 2.08. The Morgan fingerprint density at radius 3 is 2.52 bits per heavy atom. The number of halogens is 3. The van der Waals surface area contributed by atoms with Gasteiger partial charge in [0.2, 0.25) is 5.91 Å². The number of nitrogens with two attached hydrogens (primary N) is 1. The van der Waals surface area contributed by atoms with Crippen LogP contribution < -0.4 is 5.73 Å². The molecule has 0 aromatic heterocycles. The van der Waals surface area contributed by atoms with Gasteiger partial charge in [0.05, 0.1) is 12.0 Å². The number of likely N-dealkylation sites (N-methyl/N-ethyl adjacent to an activating group) is 1. The Morgan fingerprint density at radius 2 is 1.90 bits per heavy atom. The van der Waals surface area contributed by atoms with E-state index in [2.05, 4.69) is 4.90 Å². The number of hydrogen-bond donors (Lipinski definition) is 1. The molecular weight excluding hydrogens is 283 g/mol. The summed E-state index contributed by atoms with van der Waals surface area (Å²) >= 11 is 0. The molecule has 0 aromatic rings. The van der Waals surface area contributed by atoms with Gasteiger partial charge in [-0.15, -0.1) is 0 Å². The van der Waals surface area contributed by atoms with Crippen LogP contribution >= 0.6 is 0 Å². The number of piperazine rings is 1. The second-order valence-corrected chi connectivity index (χ2v) is 6.22. The minimum Gasteiger partial charge on any atom is -0.336 e. The second-order valence-electron chi connectivity index (χ2n) is 6.22. The molecule has 1 aliphatic carbocycles. The van der Waals surface area contributed by atoms with E-state index in [1.807, 2.05) is 7.05 Å². The Morgan fingerprint density at radius 1 is 1.24 bits per heavy atom. The lowest BCUT2D eigenvalue weighted by Gasteiger charge is -2.43. The van der Waals surface area contributed by atoms with Crippen molar-refractivity contribution < 1.29 is 18.0 Å². The van der Waals surface area contributed by atoms with Gasteiger partial charge >= 0.3 is 6.18 Å². The highest BCUT2D eigenvalue weighted by Gasteiger charge is 2.49. The third-order valence-electron chi connectivity index (χ3n) is 4.74. The highest BCUT2D eigenvalue weighted by Crippen LogP contribution is 2.42. The van der Waals surface area contributed by atoms with Crippen LogP contribution in [0.4, 0.5) is 13.2 Å². The van der Waals surface area contributed by atoms with Crippen molar-refractivity contribution in [2.45, 2.75) is 37.9 Å². The molecule has 0 spiro atoms. The van der Waals surface area contributed by atoms with Crippen LogP contribution in [0.5, 0.6) is 0 Å². The quantitative estimate of drug-likeness (QED) is 0.840. The molecule has 2 fully saturated rings. The van der Waals surface area contributed by atoms with E-state index in [0.29, 0.717) is 45.4 Å². The average Bonchev–Trinajstić information content (AvgIpc) is 2.45. The van der Waals surface area contributed by atoms with Crippen LogP contribution in [0.25, 0.3) is 0 Å². The normalized spacial score (nSPS) is 32.2. The molecule has 1 amide bonds. The summed E-state index contributed by atoms with van der Waals surface area (Å²) in [7, 11) is 1.93. The first-order valence-corrected chi connectivity index (χ1v) is 7.60. The third kappa shape index (κ3) is 3.69. The summed E-state index contributed by atoms with van der Waals surface area (Å²) in [6.07, 6.45) is -2.62. The minimum atomic E-state index is -4.29. The topological polar surface area (TPSA) is 49.6 Å². The van der Waals surface area contributed by atoms with Gasteiger partial charge in [0.1, 0.15) is 0 Å². The van der Waals surface area contributed by atoms with Crippen LogP contribution in [-0.4, -0.2) is 61.2 Å². The van der Waals surface area contributed by atoms with Gasteiger partial charge < -0.3 is 15.5 Å². The lowest BCUT2D eigenvalue weighted by Crippen LogP contribution is -2.59. The summed E-state index contributed by atoms with van der Waals surface area (Å²) < 4.78 is 39.5. The molecule has 0 bridgehead atoms. The maximum atomic E-state index is 13.2. The largest absolute Gasteiger partial charge is 0.392 e. The molecule has 2 aliphatic rings. The fraction of sp³-hybridized carbons (Fsp3) is 0.929. The summed E-state index contributed by atoms with van der Waals surface area (Å²) in [5, 5.41) is 0. The van der Waals surface area contributed by atoms with E-state index in [9.17, 15) is 18.0 Å². The zero-order chi connectivity index (χ0) is 15.6. The standard InChI is InChI=1S/C14H24F3N3O/c1-19-6-7-20(10(8-18)9-19)13(21)11-4-2-3-5-12(11)14(15,16)17/h10-12H,2-9,18H2,1H3. The zero-order valence-corrected chi connectivity index (χ0v) is 12.4. The van der Waals surface area contributed by atoms with Crippen molar-refractivity contribution in [2.24, 2.45) is 17.6 Å². The molecule has 2 N–H and O–H groups in total. The van der Waals surface area contributed by atoms with E-state index in [1.54, 1.807) is 4.90 Å². The van der Waals surface area contributed by atoms with E-state index in [4.69, 9.17) is 5.73 Å². The first kappa shape index (κ1) is 16.5. The van der Waals surface area contributed by atoms with E-state index in [-0.39, 0.29) is 18.4 Å². The average molecular weight is 307 g/mol. The van der Waals surface area contributed by atoms with Gasteiger partial charge in [0.15, 0.2) is 0 Å². The number of amides is 1. The second kappa shape index (κ2) is 6.52. The lowest BCUT2D eigenvalue weighted by molar-refractivity contribution is -0.202. The van der Waals surface area contributed by atoms with E-state index in [1.165, 1.54) is 0 Å². The van der Waals surface area contributed by atoms with E-state index >= 15 is 0 Å². The van der Waals surface area contributed by atoms with E-state index < -0.39 is 18.0 Å². The molecule has 1 heterocycles. The van der Waals surface area contributed by atoms with Gasteiger partial charge in [-0.25, -0.2) is 0 Å². The molecule has 3 unspecified atom stereocenters. The molecule has 0 aromatic carbocycles. The van der Waals surface area contributed by atoms with Crippen LogP contribution in [-0.2, 0) is 4.79 Å². The molecule has 1 saturated heterocycles. The minimum absolute atomic E-state index is 0.0704. The number of rotatable bonds is 2. The van der Waals surface area contributed by atoms with Crippen molar-refractivity contribution in [3.05, 3.63) is 0 Å². The number of hydrogen-bond acceptors (Lipinski definition) is 3. The number of carbonyl (C=O) groups excluding carboxylic acids is 1. The molecule has 4 nitrogen and oxygen atoms in total. The highest BCUT2D eigenvalue weighted by molar-refractivity contribution is 5.80. The summed E-state index contributed by atoms with van der Waals surface area (Å²) in [5.41, 5.74) is 5.70. The Kier molecular flexibility index (Phi) is 5.14. The molecule has 1 aliphatic heterocycles. The molecule has 122 valence electrons. The highest BCUT2D eigenvalue weighted by atomic mass is 19.4. The smallest absolute Gasteiger partial charge is 0.336 e. The van der Waals surface area contributed by atoms with Crippen molar-refractivity contribution in [2.75, 3.05) is 33.2 Å². The van der Waals surface area contributed by atoms with Crippen molar-refractivity contribution in [3.63, 3.8) is 0 Å². The van der Waals surface area contributed by atoms with Crippen LogP contribution in [0.2, 0.25) is 0 Å². The Labute approximate surface area is 123 Å². The van der Waals surface area contributed by atoms with Gasteiger partial charge in [0.25, 0.3) is 0 Å². The summed E-state index contributed by atoms with van der Waals surface area (Å²) in [6, 6.07) is -0.174. The predicted molar refractivity (Wildman–Crippen MR) is 73.6 cm³/mol. The fourth-order valence-electron chi connectivity index (χ4n) is 3.53. The van der Waals surface area contributed by atoms with Gasteiger partial charge in [-0.1, -0.05) is 12.8 Å². The third-order valence-corrected chi connectivity index (χ3v) is 4.74. The van der Waals surface area contributed by atoms with Crippen molar-refractivity contribution in [3.8, 4) is 0 Å². The molecule has 1 saturated carbocycles. The maximum Gasteiger partial charge on any atom is 0.392 e. The summed E-state index contributed by atoms with van der Waals surface area (Å²) in [4.78, 5) is 16.3.